The summed E-state index contributed by atoms with van der Waals surface area (Å²) >= 11 is 0. The first-order valence-corrected chi connectivity index (χ1v) is 3.86. The van der Waals surface area contributed by atoms with E-state index in [1.165, 1.54) is 0 Å². The van der Waals surface area contributed by atoms with Gasteiger partial charge < -0.3 is 10.8 Å². The highest BCUT2D eigenvalue weighted by atomic mass is 16.4. The molecule has 3 heteroatoms. The molecule has 0 amide bonds. The number of hydrogen-bond donors (Lipinski definition) is 2. The molecule has 3 N–H and O–H groups in total. The largest absolute Gasteiger partial charge is 0.481 e. The molecule has 0 saturated heterocycles. The molecule has 1 atom stereocenters. The van der Waals surface area contributed by atoms with Gasteiger partial charge in [-0.25, -0.2) is 0 Å². The molecule has 0 spiro atoms. The monoisotopic (exact) mass is 155 g/mol. The van der Waals surface area contributed by atoms with E-state index in [1.54, 1.807) is 0 Å². The molecule has 3 nitrogen and oxygen atoms in total. The van der Waals surface area contributed by atoms with Gasteiger partial charge in [0.15, 0.2) is 0 Å². The molecule has 11 heavy (non-hydrogen) atoms. The Hall–Kier alpha value is -0.830. The second-order valence-electron chi connectivity index (χ2n) is 2.89. The molecule has 1 aliphatic carbocycles. The molecule has 1 rings (SSSR count). The minimum atomic E-state index is -0.784. The lowest BCUT2D eigenvalue weighted by Crippen LogP contribution is -2.26. The summed E-state index contributed by atoms with van der Waals surface area (Å²) in [6.07, 6.45) is 5.07. The second kappa shape index (κ2) is 3.53. The van der Waals surface area contributed by atoms with Crippen LogP contribution in [0.25, 0.3) is 0 Å². The first-order chi connectivity index (χ1) is 5.20. The number of carboxylic acids is 1. The highest BCUT2D eigenvalue weighted by molar-refractivity contribution is 5.70. The van der Waals surface area contributed by atoms with E-state index in [4.69, 9.17) is 10.8 Å². The Balaban J connectivity index is 2.53. The fraction of sp³-hybridized carbons (Fsp3) is 0.625. The van der Waals surface area contributed by atoms with Gasteiger partial charge in [0.25, 0.3) is 0 Å². The minimum absolute atomic E-state index is 0.0140. The lowest BCUT2D eigenvalue weighted by molar-refractivity contribution is -0.136. The number of carbonyl (C=O) groups is 1. The maximum atomic E-state index is 10.3. The van der Waals surface area contributed by atoms with Crippen molar-refractivity contribution in [1.82, 2.24) is 0 Å². The lowest BCUT2D eigenvalue weighted by Gasteiger charge is -2.18. The van der Waals surface area contributed by atoms with Crippen molar-refractivity contribution in [2.45, 2.75) is 31.7 Å². The predicted octanol–water partition coefficient (Wildman–Crippen LogP) is 0.899. The zero-order valence-electron chi connectivity index (χ0n) is 6.42. The molecule has 0 fully saturated rings. The van der Waals surface area contributed by atoms with Crippen molar-refractivity contribution in [3.63, 3.8) is 0 Å². The van der Waals surface area contributed by atoms with Crippen molar-refractivity contribution >= 4 is 5.97 Å². The summed E-state index contributed by atoms with van der Waals surface area (Å²) in [6, 6.07) is -0.0140. The highest BCUT2D eigenvalue weighted by Crippen LogP contribution is 2.18. The van der Waals surface area contributed by atoms with E-state index in [1.807, 2.05) is 6.08 Å². The Labute approximate surface area is 65.9 Å². The number of carboxylic acid groups (broad SMARTS) is 1. The van der Waals surface area contributed by atoms with Crippen molar-refractivity contribution in [2.24, 2.45) is 5.73 Å². The van der Waals surface area contributed by atoms with Crippen LogP contribution in [-0.2, 0) is 4.79 Å². The summed E-state index contributed by atoms with van der Waals surface area (Å²) in [4.78, 5) is 10.3. The van der Waals surface area contributed by atoms with Crippen LogP contribution in [0.5, 0.6) is 0 Å². The SMILES string of the molecule is NC1CCCC=C1CC(=O)O. The van der Waals surface area contributed by atoms with E-state index in [0.717, 1.165) is 24.8 Å². The molecule has 0 saturated carbocycles. The maximum Gasteiger partial charge on any atom is 0.307 e. The fourth-order valence-corrected chi connectivity index (χ4v) is 1.34. The van der Waals surface area contributed by atoms with Gasteiger partial charge in [-0.15, -0.1) is 0 Å². The third-order valence-corrected chi connectivity index (χ3v) is 1.96. The van der Waals surface area contributed by atoms with Gasteiger partial charge in [-0.05, 0) is 24.8 Å². The van der Waals surface area contributed by atoms with Gasteiger partial charge in [0.2, 0.25) is 0 Å². The molecule has 0 aromatic carbocycles. The summed E-state index contributed by atoms with van der Waals surface area (Å²) in [5.74, 6) is -0.784. The van der Waals surface area contributed by atoms with E-state index in [0.29, 0.717) is 0 Å². The fourth-order valence-electron chi connectivity index (χ4n) is 1.34. The molecule has 62 valence electrons. The number of aliphatic carboxylic acids is 1. The number of allylic oxidation sites excluding steroid dienone is 1. The van der Waals surface area contributed by atoms with Crippen LogP contribution in [0.15, 0.2) is 11.6 Å². The van der Waals surface area contributed by atoms with Crippen LogP contribution in [0, 0.1) is 0 Å². The summed E-state index contributed by atoms with van der Waals surface area (Å²) < 4.78 is 0. The first-order valence-electron chi connectivity index (χ1n) is 3.86. The van der Waals surface area contributed by atoms with Crippen LogP contribution >= 0.6 is 0 Å². The third-order valence-electron chi connectivity index (χ3n) is 1.96. The van der Waals surface area contributed by atoms with Crippen molar-refractivity contribution in [3.05, 3.63) is 11.6 Å². The van der Waals surface area contributed by atoms with E-state index < -0.39 is 5.97 Å². The molecule has 0 aromatic heterocycles. The topological polar surface area (TPSA) is 63.3 Å². The lowest BCUT2D eigenvalue weighted by atomic mass is 9.93. The van der Waals surface area contributed by atoms with Gasteiger partial charge in [0.05, 0.1) is 6.42 Å². The zero-order chi connectivity index (χ0) is 8.27. The molecule has 0 bridgehead atoms. The van der Waals surface area contributed by atoms with Gasteiger partial charge in [0.1, 0.15) is 0 Å². The van der Waals surface area contributed by atoms with Gasteiger partial charge in [-0.2, -0.15) is 0 Å². The Bertz CT molecular complexity index is 187. The van der Waals surface area contributed by atoms with Crippen molar-refractivity contribution in [1.29, 1.82) is 0 Å². The standard InChI is InChI=1S/C8H13NO2/c9-7-4-2-1-3-6(7)5-8(10)11/h3,7H,1-2,4-5,9H2,(H,10,11). The summed E-state index contributed by atoms with van der Waals surface area (Å²) in [5.41, 5.74) is 6.59. The normalized spacial score (nSPS) is 24.5. The number of nitrogens with two attached hydrogens (primary N) is 1. The Kier molecular flexibility index (Phi) is 2.65. The average molecular weight is 155 g/mol. The van der Waals surface area contributed by atoms with Crippen LogP contribution < -0.4 is 5.73 Å². The quantitative estimate of drug-likeness (QED) is 0.582. The molecule has 0 heterocycles. The predicted molar refractivity (Wildman–Crippen MR) is 42.2 cm³/mol. The van der Waals surface area contributed by atoms with Crippen LogP contribution in [0.4, 0.5) is 0 Å². The van der Waals surface area contributed by atoms with Gasteiger partial charge in [-0.3, -0.25) is 4.79 Å². The molecule has 1 unspecified atom stereocenters. The molecule has 1 aliphatic rings. The van der Waals surface area contributed by atoms with Crippen LogP contribution in [0.1, 0.15) is 25.7 Å². The van der Waals surface area contributed by atoms with Crippen LogP contribution in [-0.4, -0.2) is 17.1 Å². The van der Waals surface area contributed by atoms with Gasteiger partial charge in [-0.1, -0.05) is 6.08 Å². The Morgan fingerprint density at radius 2 is 2.55 bits per heavy atom. The minimum Gasteiger partial charge on any atom is -0.481 e. The molecule has 0 aromatic rings. The molecular formula is C8H13NO2. The van der Waals surface area contributed by atoms with Gasteiger partial charge in [0, 0.05) is 6.04 Å². The summed E-state index contributed by atoms with van der Waals surface area (Å²) in [6.45, 7) is 0. The van der Waals surface area contributed by atoms with Crippen molar-refractivity contribution in [2.75, 3.05) is 0 Å². The summed E-state index contributed by atoms with van der Waals surface area (Å²) in [7, 11) is 0. The maximum absolute atomic E-state index is 10.3. The Morgan fingerprint density at radius 3 is 3.09 bits per heavy atom. The van der Waals surface area contributed by atoms with Crippen LogP contribution in [0.2, 0.25) is 0 Å². The Morgan fingerprint density at radius 1 is 1.82 bits per heavy atom. The van der Waals surface area contributed by atoms with Crippen molar-refractivity contribution < 1.29 is 9.90 Å². The zero-order valence-corrected chi connectivity index (χ0v) is 6.42. The van der Waals surface area contributed by atoms with E-state index >= 15 is 0 Å². The van der Waals surface area contributed by atoms with Gasteiger partial charge >= 0.3 is 5.97 Å². The molecule has 0 aliphatic heterocycles. The molecule has 0 radical (unpaired) electrons. The summed E-state index contributed by atoms with van der Waals surface area (Å²) in [5, 5.41) is 8.49. The second-order valence-corrected chi connectivity index (χ2v) is 2.89. The van der Waals surface area contributed by atoms with Crippen molar-refractivity contribution in [3.8, 4) is 0 Å². The van der Waals surface area contributed by atoms with E-state index in [-0.39, 0.29) is 12.5 Å². The smallest absolute Gasteiger partial charge is 0.307 e. The average Bonchev–Trinajstić information content (AvgIpc) is 1.93. The van der Waals surface area contributed by atoms with E-state index in [2.05, 4.69) is 0 Å². The first kappa shape index (κ1) is 8.27. The van der Waals surface area contributed by atoms with Crippen LogP contribution in [0.3, 0.4) is 0 Å². The molecular weight excluding hydrogens is 142 g/mol. The van der Waals surface area contributed by atoms with E-state index in [9.17, 15) is 4.79 Å². The number of hydrogen-bond acceptors (Lipinski definition) is 2. The highest BCUT2D eigenvalue weighted by Gasteiger charge is 2.15. The third kappa shape index (κ3) is 2.35. The number of rotatable bonds is 2.